The molecule has 1 heterocycles. The molecule has 0 spiro atoms. The predicted octanol–water partition coefficient (Wildman–Crippen LogP) is 4.33. The first kappa shape index (κ1) is 18.0. The predicted molar refractivity (Wildman–Crippen MR) is 105 cm³/mol. The minimum atomic E-state index is -0.395. The highest BCUT2D eigenvalue weighted by atomic mass is 79.9. The summed E-state index contributed by atoms with van der Waals surface area (Å²) in [5.74, 6) is 0. The lowest BCUT2D eigenvalue weighted by molar-refractivity contribution is 0.639. The summed E-state index contributed by atoms with van der Waals surface area (Å²) >= 11 is 15.1. The fourth-order valence-electron chi connectivity index (χ4n) is 2.57. The van der Waals surface area contributed by atoms with Gasteiger partial charge in [-0.3, -0.25) is 13.9 Å². The summed E-state index contributed by atoms with van der Waals surface area (Å²) in [5.41, 5.74) is 1.27. The summed E-state index contributed by atoms with van der Waals surface area (Å²) in [5, 5.41) is 1.18. The first-order chi connectivity index (χ1) is 11.9. The second-order valence-electron chi connectivity index (χ2n) is 5.53. The first-order valence-electron chi connectivity index (χ1n) is 7.38. The molecule has 0 saturated carbocycles. The summed E-state index contributed by atoms with van der Waals surface area (Å²) in [6.07, 6.45) is 0. The van der Waals surface area contributed by atoms with Crippen LogP contribution in [0, 0.1) is 0 Å². The molecule has 0 N–H and O–H groups in total. The molecule has 7 heteroatoms. The van der Waals surface area contributed by atoms with Crippen molar-refractivity contribution in [3.05, 3.63) is 89.5 Å². The summed E-state index contributed by atoms with van der Waals surface area (Å²) in [6, 6.07) is 14.0. The number of benzene rings is 2. The quantitative estimate of drug-likeness (QED) is 0.609. The normalized spacial score (nSPS) is 10.9. The molecule has 0 amide bonds. The summed E-state index contributed by atoms with van der Waals surface area (Å²) < 4.78 is 2.96. The summed E-state index contributed by atoms with van der Waals surface area (Å²) in [7, 11) is 1.63. The minimum Gasteiger partial charge on any atom is -0.295 e. The van der Waals surface area contributed by atoms with Crippen LogP contribution in [0.4, 0.5) is 0 Å². The van der Waals surface area contributed by atoms with E-state index in [1.807, 2.05) is 0 Å². The molecule has 0 aliphatic carbocycles. The highest BCUT2D eigenvalue weighted by Gasteiger charge is 2.17. The van der Waals surface area contributed by atoms with Crippen LogP contribution in [0.3, 0.4) is 0 Å². The third kappa shape index (κ3) is 3.59. The molecular weight excluding hydrogens is 427 g/mol. The Morgan fingerprint density at radius 2 is 1.44 bits per heavy atom. The van der Waals surface area contributed by atoms with Gasteiger partial charge < -0.3 is 0 Å². The Morgan fingerprint density at radius 1 is 0.920 bits per heavy atom. The topological polar surface area (TPSA) is 44.0 Å². The molecule has 0 radical (unpaired) electrons. The molecule has 3 rings (SSSR count). The third-order valence-corrected chi connectivity index (χ3v) is 5.08. The molecule has 0 aliphatic rings. The van der Waals surface area contributed by atoms with Gasteiger partial charge in [0.25, 0.3) is 5.56 Å². The molecule has 0 saturated heterocycles. The van der Waals surface area contributed by atoms with E-state index in [-0.39, 0.29) is 12.1 Å². The molecule has 4 nitrogen and oxygen atoms in total. The van der Waals surface area contributed by atoms with Gasteiger partial charge >= 0.3 is 5.69 Å². The van der Waals surface area contributed by atoms with Crippen LogP contribution in [0.1, 0.15) is 5.56 Å². The third-order valence-electron chi connectivity index (χ3n) is 3.87. The zero-order valence-electron chi connectivity index (χ0n) is 13.2. The maximum Gasteiger partial charge on any atom is 0.331 e. The fourth-order valence-corrected chi connectivity index (χ4v) is 3.53. The number of halogens is 3. The number of rotatable bonds is 3. The van der Waals surface area contributed by atoms with E-state index in [0.29, 0.717) is 20.2 Å². The molecule has 0 bridgehead atoms. The number of hydrogen-bond donors (Lipinski definition) is 0. The Hall–Kier alpha value is -1.82. The molecule has 0 atom stereocenters. The van der Waals surface area contributed by atoms with Crippen LogP contribution in [0.2, 0.25) is 10.0 Å². The molecule has 0 fully saturated rings. The fraction of sp³-hybridized carbons (Fsp3) is 0.111. The van der Waals surface area contributed by atoms with Gasteiger partial charge in [-0.25, -0.2) is 4.79 Å². The van der Waals surface area contributed by atoms with Crippen LogP contribution in [0.15, 0.2) is 62.6 Å². The van der Waals surface area contributed by atoms with Gasteiger partial charge in [-0.2, -0.15) is 0 Å². The van der Waals surface area contributed by atoms with Crippen molar-refractivity contribution in [2.75, 3.05) is 0 Å². The maximum atomic E-state index is 12.7. The molecule has 25 heavy (non-hydrogen) atoms. The number of nitrogens with zero attached hydrogens (tertiary/aromatic N) is 2. The van der Waals surface area contributed by atoms with E-state index in [1.165, 1.54) is 9.13 Å². The van der Waals surface area contributed by atoms with E-state index in [0.717, 1.165) is 11.1 Å². The van der Waals surface area contributed by atoms with Gasteiger partial charge in [-0.1, -0.05) is 47.5 Å². The molecule has 128 valence electrons. The second-order valence-corrected chi connectivity index (χ2v) is 7.19. The summed E-state index contributed by atoms with van der Waals surface area (Å²) in [4.78, 5) is 25.5. The maximum absolute atomic E-state index is 12.7. The Labute approximate surface area is 162 Å². The van der Waals surface area contributed by atoms with Gasteiger partial charge in [0.1, 0.15) is 4.47 Å². The van der Waals surface area contributed by atoms with Gasteiger partial charge in [0, 0.05) is 17.1 Å². The lowest BCUT2D eigenvalue weighted by Crippen LogP contribution is -2.40. The first-order valence-corrected chi connectivity index (χ1v) is 8.93. The van der Waals surface area contributed by atoms with Crippen LogP contribution in [0.5, 0.6) is 0 Å². The van der Waals surface area contributed by atoms with Crippen molar-refractivity contribution in [2.45, 2.75) is 6.54 Å². The van der Waals surface area contributed by atoms with E-state index in [2.05, 4.69) is 15.9 Å². The van der Waals surface area contributed by atoms with Crippen LogP contribution < -0.4 is 11.2 Å². The lowest BCUT2D eigenvalue weighted by atomic mass is 10.1. The molecule has 2 aromatic carbocycles. The SMILES string of the molecule is Cn1c(-c2ccc(Cl)cc2)c(Br)c(=O)n(Cc2ccc(Cl)cc2)c1=O. The van der Waals surface area contributed by atoms with Crippen molar-refractivity contribution in [2.24, 2.45) is 7.05 Å². The van der Waals surface area contributed by atoms with E-state index >= 15 is 0 Å². The van der Waals surface area contributed by atoms with Crippen LogP contribution in [0.25, 0.3) is 11.3 Å². The minimum absolute atomic E-state index is 0.169. The van der Waals surface area contributed by atoms with Crippen molar-refractivity contribution < 1.29 is 0 Å². The molecular formula is C18H13BrCl2N2O2. The average Bonchev–Trinajstić information content (AvgIpc) is 2.60. The van der Waals surface area contributed by atoms with Crippen molar-refractivity contribution in [1.82, 2.24) is 9.13 Å². The zero-order valence-corrected chi connectivity index (χ0v) is 16.3. The van der Waals surface area contributed by atoms with Crippen molar-refractivity contribution >= 4 is 39.1 Å². The number of hydrogen-bond acceptors (Lipinski definition) is 2. The highest BCUT2D eigenvalue weighted by molar-refractivity contribution is 9.10. The molecule has 0 unspecified atom stereocenters. The molecule has 0 aliphatic heterocycles. The van der Waals surface area contributed by atoms with E-state index in [9.17, 15) is 9.59 Å². The Kier molecular flexibility index (Phi) is 5.18. The number of aromatic nitrogens is 2. The van der Waals surface area contributed by atoms with Crippen molar-refractivity contribution in [3.8, 4) is 11.3 Å². The smallest absolute Gasteiger partial charge is 0.295 e. The molecule has 1 aromatic heterocycles. The van der Waals surface area contributed by atoms with E-state index < -0.39 is 5.69 Å². The van der Waals surface area contributed by atoms with Crippen LogP contribution in [-0.2, 0) is 13.6 Å². The van der Waals surface area contributed by atoms with Gasteiger partial charge in [0.15, 0.2) is 0 Å². The average molecular weight is 440 g/mol. The van der Waals surface area contributed by atoms with Gasteiger partial charge in [0.05, 0.1) is 12.2 Å². The Balaban J connectivity index is 2.14. The Morgan fingerprint density at radius 3 is 2.00 bits per heavy atom. The van der Waals surface area contributed by atoms with Gasteiger partial charge in [0.2, 0.25) is 0 Å². The van der Waals surface area contributed by atoms with Crippen molar-refractivity contribution in [3.63, 3.8) is 0 Å². The van der Waals surface area contributed by atoms with E-state index in [1.54, 1.807) is 55.6 Å². The van der Waals surface area contributed by atoms with Crippen molar-refractivity contribution in [1.29, 1.82) is 0 Å². The largest absolute Gasteiger partial charge is 0.331 e. The van der Waals surface area contributed by atoms with Crippen LogP contribution >= 0.6 is 39.1 Å². The van der Waals surface area contributed by atoms with Gasteiger partial charge in [-0.15, -0.1) is 0 Å². The summed E-state index contributed by atoms with van der Waals surface area (Å²) in [6.45, 7) is 0.169. The standard InChI is InChI=1S/C18H13BrCl2N2O2/c1-22-16(12-4-8-14(21)9-5-12)15(19)17(24)23(18(22)25)10-11-2-6-13(20)7-3-11/h2-9H,10H2,1H3. The van der Waals surface area contributed by atoms with Crippen LogP contribution in [-0.4, -0.2) is 9.13 Å². The zero-order chi connectivity index (χ0) is 18.1. The van der Waals surface area contributed by atoms with E-state index in [4.69, 9.17) is 23.2 Å². The second kappa shape index (κ2) is 7.20. The Bertz CT molecular complexity index is 1000. The van der Waals surface area contributed by atoms with Gasteiger partial charge in [-0.05, 0) is 51.3 Å². The highest BCUT2D eigenvalue weighted by Crippen LogP contribution is 2.25. The molecule has 3 aromatic rings. The monoisotopic (exact) mass is 438 g/mol. The lowest BCUT2D eigenvalue weighted by Gasteiger charge is -2.14.